The molecule has 0 unspecified atom stereocenters. The van der Waals surface area contributed by atoms with Crippen LogP contribution in [-0.2, 0) is 18.0 Å². The lowest BCUT2D eigenvalue weighted by Gasteiger charge is -2.41. The fraction of sp³-hybridized carbons (Fsp3) is 0.933. The van der Waals surface area contributed by atoms with Crippen LogP contribution in [0.5, 0.6) is 0 Å². The quantitative estimate of drug-likeness (QED) is 0.107. The van der Waals surface area contributed by atoms with Crippen LogP contribution in [0.2, 0.25) is 0 Å². The predicted octanol–water partition coefficient (Wildman–Crippen LogP) is 10.4. The molecule has 0 fully saturated rings. The normalized spacial score (nSPS) is 12.0. The van der Waals surface area contributed by atoms with Gasteiger partial charge in [-0.05, 0) is 12.8 Å². The van der Waals surface area contributed by atoms with Gasteiger partial charge in [0.15, 0.2) is 0 Å². The highest BCUT2D eigenvalue weighted by Gasteiger charge is 2.27. The summed E-state index contributed by atoms with van der Waals surface area (Å²) < 4.78 is 11.9. The highest BCUT2D eigenvalue weighted by atomic mass is 32.3. The first kappa shape index (κ1) is 34.3. The summed E-state index contributed by atoms with van der Waals surface area (Å²) >= 11 is 0. The van der Waals surface area contributed by atoms with E-state index in [0.717, 1.165) is 25.7 Å². The molecule has 0 saturated carbocycles. The number of hydrogen-bond acceptors (Lipinski definition) is 4. The van der Waals surface area contributed by atoms with Crippen LogP contribution in [0.25, 0.3) is 0 Å². The predicted molar refractivity (Wildman–Crippen MR) is 154 cm³/mol. The summed E-state index contributed by atoms with van der Waals surface area (Å²) in [6, 6.07) is 0. The molecule has 4 nitrogen and oxygen atoms in total. The summed E-state index contributed by atoms with van der Waals surface area (Å²) in [4.78, 5) is 24.5. The van der Waals surface area contributed by atoms with E-state index in [4.69, 9.17) is 8.37 Å². The van der Waals surface area contributed by atoms with Crippen LogP contribution in [0, 0.1) is 0 Å². The van der Waals surface area contributed by atoms with Gasteiger partial charge in [0.2, 0.25) is 0 Å². The van der Waals surface area contributed by atoms with Crippen molar-refractivity contribution in [2.45, 2.75) is 169 Å². The van der Waals surface area contributed by atoms with Crippen LogP contribution >= 0.6 is 10.6 Å². The Morgan fingerprint density at radius 3 is 0.943 bits per heavy atom. The lowest BCUT2D eigenvalue weighted by atomic mass is 10.1. The topological polar surface area (TPSA) is 52.6 Å². The number of hydrogen-bond donors (Lipinski definition) is 0. The molecule has 35 heavy (non-hydrogen) atoms. The van der Waals surface area contributed by atoms with E-state index in [2.05, 4.69) is 13.8 Å². The van der Waals surface area contributed by atoms with Crippen molar-refractivity contribution in [3.63, 3.8) is 0 Å². The molecule has 5 heteroatoms. The average Bonchev–Trinajstić information content (AvgIpc) is 2.86. The minimum Gasteiger partial charge on any atom is -0.344 e. The second-order valence-corrected chi connectivity index (χ2v) is 12.8. The van der Waals surface area contributed by atoms with Crippen molar-refractivity contribution in [3.8, 4) is 0 Å². The Balaban J connectivity index is 4.49. The highest BCUT2D eigenvalue weighted by molar-refractivity contribution is 8.26. The molecule has 0 aliphatic rings. The molecule has 0 bridgehead atoms. The van der Waals surface area contributed by atoms with Crippen LogP contribution in [0.1, 0.15) is 169 Å². The average molecular weight is 517 g/mol. The number of rotatable bonds is 26. The zero-order chi connectivity index (χ0) is 26.0. The van der Waals surface area contributed by atoms with Gasteiger partial charge in [0.25, 0.3) is 0 Å². The second kappa shape index (κ2) is 25.0. The minimum atomic E-state index is -2.13. The molecule has 0 aromatic rings. The fourth-order valence-corrected chi connectivity index (χ4v) is 7.13. The first-order valence-electron chi connectivity index (χ1n) is 15.3. The Bertz CT molecular complexity index is 451. The first-order chi connectivity index (χ1) is 17.0. The van der Waals surface area contributed by atoms with Crippen molar-refractivity contribution >= 4 is 22.5 Å². The molecule has 0 aliphatic heterocycles. The maximum atomic E-state index is 12.3. The number of carbonyl (C=O) groups excluding carboxylic acids is 2. The first-order valence-corrected chi connectivity index (χ1v) is 17.1. The Kier molecular flexibility index (Phi) is 24.5. The molecule has 0 rings (SSSR count). The van der Waals surface area contributed by atoms with Gasteiger partial charge < -0.3 is 8.37 Å². The SMILES string of the molecule is CCCCCCCCCCCCS(CCCCCCCCCCCC)(OC(=O)CC)OC(=O)CC. The van der Waals surface area contributed by atoms with Gasteiger partial charge in [0.05, 0.1) is 11.5 Å². The summed E-state index contributed by atoms with van der Waals surface area (Å²) in [7, 11) is -2.13. The Hall–Kier alpha value is -0.710. The lowest BCUT2D eigenvalue weighted by molar-refractivity contribution is -0.136. The molecule has 0 saturated heterocycles. The molecule has 0 atom stereocenters. The third-order valence-electron chi connectivity index (χ3n) is 6.68. The van der Waals surface area contributed by atoms with Crippen molar-refractivity contribution in [2.75, 3.05) is 11.5 Å². The van der Waals surface area contributed by atoms with Crippen molar-refractivity contribution < 1.29 is 18.0 Å². The summed E-state index contributed by atoms with van der Waals surface area (Å²) in [5, 5.41) is 0. The maximum Gasteiger partial charge on any atom is 0.328 e. The van der Waals surface area contributed by atoms with Crippen LogP contribution in [0.15, 0.2) is 0 Å². The Morgan fingerprint density at radius 1 is 0.429 bits per heavy atom. The molecule has 0 amide bonds. The fourth-order valence-electron chi connectivity index (χ4n) is 4.36. The lowest BCUT2D eigenvalue weighted by Crippen LogP contribution is -2.22. The second-order valence-electron chi connectivity index (χ2n) is 10.1. The molecule has 0 aromatic heterocycles. The van der Waals surface area contributed by atoms with Gasteiger partial charge in [0, 0.05) is 12.8 Å². The van der Waals surface area contributed by atoms with Crippen LogP contribution in [0.4, 0.5) is 0 Å². The van der Waals surface area contributed by atoms with Crippen molar-refractivity contribution in [1.82, 2.24) is 0 Å². The van der Waals surface area contributed by atoms with E-state index >= 15 is 0 Å². The molecule has 210 valence electrons. The van der Waals surface area contributed by atoms with E-state index < -0.39 is 10.6 Å². The van der Waals surface area contributed by atoms with Crippen molar-refractivity contribution in [1.29, 1.82) is 0 Å². The van der Waals surface area contributed by atoms with Crippen LogP contribution < -0.4 is 0 Å². The molecule has 0 aromatic carbocycles. The van der Waals surface area contributed by atoms with Gasteiger partial charge >= 0.3 is 11.9 Å². The van der Waals surface area contributed by atoms with E-state index in [0.29, 0.717) is 24.3 Å². The van der Waals surface area contributed by atoms with Gasteiger partial charge in [0.1, 0.15) is 0 Å². The molecule has 0 spiro atoms. The van der Waals surface area contributed by atoms with Crippen LogP contribution in [-0.4, -0.2) is 23.4 Å². The Morgan fingerprint density at radius 2 is 0.686 bits per heavy atom. The van der Waals surface area contributed by atoms with Crippen LogP contribution in [0.3, 0.4) is 0 Å². The highest BCUT2D eigenvalue weighted by Crippen LogP contribution is 2.53. The largest absolute Gasteiger partial charge is 0.344 e. The van der Waals surface area contributed by atoms with Gasteiger partial charge in [-0.1, -0.05) is 143 Å². The molecule has 0 radical (unpaired) electrons. The minimum absolute atomic E-state index is 0.233. The third-order valence-corrected chi connectivity index (χ3v) is 9.49. The van der Waals surface area contributed by atoms with Crippen molar-refractivity contribution in [3.05, 3.63) is 0 Å². The standard InChI is InChI=1S/C30H60O4S/c1-5-9-11-13-15-17-19-21-23-25-27-35(33-29(31)7-3,34-30(32)8-4)28-26-24-22-20-18-16-14-12-10-6-2/h5-28H2,1-4H3. The van der Waals surface area contributed by atoms with E-state index in [-0.39, 0.29) is 11.9 Å². The summed E-state index contributed by atoms with van der Waals surface area (Å²) in [5.74, 6) is 0.947. The monoisotopic (exact) mass is 516 g/mol. The third kappa shape index (κ3) is 21.1. The maximum absolute atomic E-state index is 12.3. The zero-order valence-electron chi connectivity index (χ0n) is 24.0. The molecule has 0 aliphatic carbocycles. The van der Waals surface area contributed by atoms with E-state index in [1.54, 1.807) is 0 Å². The molecule has 0 heterocycles. The summed E-state index contributed by atoms with van der Waals surface area (Å²) in [6.07, 6.45) is 25.9. The Labute approximate surface area is 220 Å². The van der Waals surface area contributed by atoms with Crippen molar-refractivity contribution in [2.24, 2.45) is 0 Å². The van der Waals surface area contributed by atoms with E-state index in [1.165, 1.54) is 103 Å². The van der Waals surface area contributed by atoms with E-state index in [1.807, 2.05) is 13.8 Å². The number of unbranched alkanes of at least 4 members (excludes halogenated alkanes) is 18. The molecular weight excluding hydrogens is 456 g/mol. The van der Waals surface area contributed by atoms with Gasteiger partial charge in [-0.25, -0.2) is 0 Å². The van der Waals surface area contributed by atoms with Gasteiger partial charge in [-0.15, -0.1) is 10.6 Å². The van der Waals surface area contributed by atoms with E-state index in [9.17, 15) is 9.59 Å². The molecule has 0 N–H and O–H groups in total. The molecular formula is C30H60O4S. The zero-order valence-corrected chi connectivity index (χ0v) is 24.8. The summed E-state index contributed by atoms with van der Waals surface area (Å²) in [6.45, 7) is 8.15. The van der Waals surface area contributed by atoms with Gasteiger partial charge in [-0.3, -0.25) is 9.59 Å². The smallest absolute Gasteiger partial charge is 0.328 e. The summed E-state index contributed by atoms with van der Waals surface area (Å²) in [5.41, 5.74) is 0. The van der Waals surface area contributed by atoms with Gasteiger partial charge in [-0.2, -0.15) is 0 Å². The number of carbonyl (C=O) groups is 2.